The average molecular weight is 393 g/mol. The van der Waals surface area contributed by atoms with Crippen LogP contribution in [0.4, 0.5) is 0 Å². The summed E-state index contributed by atoms with van der Waals surface area (Å²) in [6.07, 6.45) is 0. The molecule has 2 saturated heterocycles. The Morgan fingerprint density at radius 3 is 2.21 bits per heavy atom. The molecule has 5 heteroatoms. The van der Waals surface area contributed by atoms with Gasteiger partial charge in [0, 0.05) is 50.7 Å². The Hall–Kier alpha value is -2.21. The second kappa shape index (κ2) is 9.08. The quantitative estimate of drug-likeness (QED) is 0.843. The van der Waals surface area contributed by atoms with E-state index in [0.29, 0.717) is 24.5 Å². The van der Waals surface area contributed by atoms with Crippen molar-refractivity contribution in [3.8, 4) is 0 Å². The molecular weight excluding hydrogens is 360 g/mol. The summed E-state index contributed by atoms with van der Waals surface area (Å²) >= 11 is 0. The van der Waals surface area contributed by atoms with Gasteiger partial charge in [0.25, 0.3) is 0 Å². The van der Waals surface area contributed by atoms with Gasteiger partial charge in [-0.25, -0.2) is 0 Å². The summed E-state index contributed by atoms with van der Waals surface area (Å²) in [6.45, 7) is 4.96. The normalized spacial score (nSPS) is 22.7. The molecule has 0 bridgehead atoms. The van der Waals surface area contributed by atoms with E-state index in [1.807, 2.05) is 23.9 Å². The highest BCUT2D eigenvalue weighted by molar-refractivity contribution is 5.78. The zero-order valence-electron chi connectivity index (χ0n) is 17.5. The SMILES string of the molecule is CN(C)CC(=O)N1CCN2[C@H](CNC[C@H]2C(c2ccccc2)c2ccccc2)C1. The van der Waals surface area contributed by atoms with Crippen molar-refractivity contribution in [1.82, 2.24) is 20.0 Å². The highest BCUT2D eigenvalue weighted by Crippen LogP contribution is 2.33. The van der Waals surface area contributed by atoms with Crippen LogP contribution in [0.2, 0.25) is 0 Å². The molecule has 2 heterocycles. The van der Waals surface area contributed by atoms with E-state index in [0.717, 1.165) is 32.7 Å². The van der Waals surface area contributed by atoms with Gasteiger partial charge in [-0.05, 0) is 25.2 Å². The van der Waals surface area contributed by atoms with Crippen molar-refractivity contribution in [3.05, 3.63) is 71.8 Å². The Morgan fingerprint density at radius 2 is 1.62 bits per heavy atom. The summed E-state index contributed by atoms with van der Waals surface area (Å²) in [5, 5.41) is 3.66. The lowest BCUT2D eigenvalue weighted by molar-refractivity contribution is -0.136. The van der Waals surface area contributed by atoms with Crippen LogP contribution in [0.3, 0.4) is 0 Å². The molecule has 2 aliphatic rings. The topological polar surface area (TPSA) is 38.8 Å². The Bertz CT molecular complexity index is 756. The molecule has 0 aromatic heterocycles. The smallest absolute Gasteiger partial charge is 0.236 e. The molecule has 2 fully saturated rings. The van der Waals surface area contributed by atoms with E-state index < -0.39 is 0 Å². The van der Waals surface area contributed by atoms with Crippen LogP contribution < -0.4 is 5.32 Å². The van der Waals surface area contributed by atoms with Crippen LogP contribution in [-0.2, 0) is 4.79 Å². The third-order valence-corrected chi connectivity index (χ3v) is 6.19. The molecule has 0 saturated carbocycles. The molecule has 29 heavy (non-hydrogen) atoms. The van der Waals surface area contributed by atoms with Crippen molar-refractivity contribution >= 4 is 5.91 Å². The van der Waals surface area contributed by atoms with E-state index in [1.165, 1.54) is 11.1 Å². The Labute approximate surface area is 174 Å². The first-order valence-electron chi connectivity index (χ1n) is 10.6. The first-order valence-corrected chi connectivity index (χ1v) is 10.6. The number of piperazine rings is 2. The van der Waals surface area contributed by atoms with Crippen LogP contribution in [0.5, 0.6) is 0 Å². The van der Waals surface area contributed by atoms with Gasteiger partial charge in [0.1, 0.15) is 0 Å². The Balaban J connectivity index is 1.58. The summed E-state index contributed by atoms with van der Waals surface area (Å²) in [4.78, 5) is 19.2. The second-order valence-corrected chi connectivity index (χ2v) is 8.49. The fourth-order valence-corrected chi connectivity index (χ4v) is 4.87. The van der Waals surface area contributed by atoms with E-state index in [-0.39, 0.29) is 5.91 Å². The van der Waals surface area contributed by atoms with E-state index in [4.69, 9.17) is 0 Å². The van der Waals surface area contributed by atoms with Crippen molar-refractivity contribution in [2.75, 3.05) is 53.4 Å². The molecule has 0 unspecified atom stereocenters. The van der Waals surface area contributed by atoms with Gasteiger partial charge in [-0.2, -0.15) is 0 Å². The maximum Gasteiger partial charge on any atom is 0.236 e. The second-order valence-electron chi connectivity index (χ2n) is 8.49. The zero-order chi connectivity index (χ0) is 20.2. The Kier molecular flexibility index (Phi) is 6.28. The molecule has 2 aromatic carbocycles. The van der Waals surface area contributed by atoms with Gasteiger partial charge in [-0.1, -0.05) is 60.7 Å². The molecule has 2 atom stereocenters. The number of nitrogens with zero attached hydrogens (tertiary/aromatic N) is 3. The van der Waals surface area contributed by atoms with Crippen molar-refractivity contribution in [2.45, 2.75) is 18.0 Å². The maximum atomic E-state index is 12.6. The van der Waals surface area contributed by atoms with Crippen molar-refractivity contribution < 1.29 is 4.79 Å². The lowest BCUT2D eigenvalue weighted by Gasteiger charge is -2.51. The minimum Gasteiger partial charge on any atom is -0.339 e. The third kappa shape index (κ3) is 4.53. The number of fused-ring (bicyclic) bond motifs is 1. The summed E-state index contributed by atoms with van der Waals surface area (Å²) in [7, 11) is 3.91. The van der Waals surface area contributed by atoms with Gasteiger partial charge in [0.15, 0.2) is 0 Å². The molecule has 4 rings (SSSR count). The van der Waals surface area contributed by atoms with E-state index in [1.54, 1.807) is 0 Å². The lowest BCUT2D eigenvalue weighted by Crippen LogP contribution is -2.67. The largest absolute Gasteiger partial charge is 0.339 e. The van der Waals surface area contributed by atoms with Crippen molar-refractivity contribution in [3.63, 3.8) is 0 Å². The molecule has 2 aromatic rings. The van der Waals surface area contributed by atoms with Gasteiger partial charge in [-0.15, -0.1) is 0 Å². The van der Waals surface area contributed by atoms with Gasteiger partial charge in [-0.3, -0.25) is 9.69 Å². The standard InChI is InChI=1S/C24H32N4O/c1-26(2)18-23(29)27-13-14-28-21(17-27)15-25-16-22(28)24(19-9-5-3-6-10-19)20-11-7-4-8-12-20/h3-12,21-22,24-25H,13-18H2,1-2H3/t21-,22+/m1/s1. The number of likely N-dealkylation sites (N-methyl/N-ethyl adjacent to an activating group) is 1. The number of carbonyl (C=O) groups is 1. The summed E-state index contributed by atoms with van der Waals surface area (Å²) in [6, 6.07) is 22.5. The fraction of sp³-hybridized carbons (Fsp3) is 0.458. The molecule has 5 nitrogen and oxygen atoms in total. The molecule has 0 spiro atoms. The molecular formula is C24H32N4O. The number of nitrogens with one attached hydrogen (secondary N) is 1. The summed E-state index contributed by atoms with van der Waals surface area (Å²) in [5.41, 5.74) is 2.72. The first kappa shape index (κ1) is 20.1. The van der Waals surface area contributed by atoms with Crippen LogP contribution in [-0.4, -0.2) is 86.1 Å². The molecule has 0 radical (unpaired) electrons. The number of hydrogen-bond acceptors (Lipinski definition) is 4. The molecule has 2 aliphatic heterocycles. The molecule has 154 valence electrons. The van der Waals surface area contributed by atoms with E-state index >= 15 is 0 Å². The van der Waals surface area contributed by atoms with Crippen LogP contribution in [0.15, 0.2) is 60.7 Å². The van der Waals surface area contributed by atoms with E-state index in [9.17, 15) is 4.79 Å². The number of hydrogen-bond donors (Lipinski definition) is 1. The molecule has 1 amide bonds. The lowest BCUT2D eigenvalue weighted by atomic mass is 9.82. The van der Waals surface area contributed by atoms with Gasteiger partial charge >= 0.3 is 0 Å². The molecule has 1 N–H and O–H groups in total. The maximum absolute atomic E-state index is 12.6. The van der Waals surface area contributed by atoms with Gasteiger partial charge < -0.3 is 15.1 Å². The highest BCUT2D eigenvalue weighted by Gasteiger charge is 2.40. The predicted molar refractivity (Wildman–Crippen MR) is 117 cm³/mol. The first-order chi connectivity index (χ1) is 14.1. The minimum atomic E-state index is 0.236. The van der Waals surface area contributed by atoms with Crippen LogP contribution in [0, 0.1) is 0 Å². The van der Waals surface area contributed by atoms with Crippen LogP contribution in [0.25, 0.3) is 0 Å². The summed E-state index contributed by atoms with van der Waals surface area (Å²) in [5.74, 6) is 0.552. The van der Waals surface area contributed by atoms with Gasteiger partial charge in [0.2, 0.25) is 5.91 Å². The number of rotatable bonds is 5. The minimum absolute atomic E-state index is 0.236. The number of amides is 1. The van der Waals surface area contributed by atoms with Crippen LogP contribution >= 0.6 is 0 Å². The Morgan fingerprint density at radius 1 is 1.00 bits per heavy atom. The van der Waals surface area contributed by atoms with Gasteiger partial charge in [0.05, 0.1) is 6.54 Å². The average Bonchev–Trinajstić information content (AvgIpc) is 2.75. The monoisotopic (exact) mass is 392 g/mol. The highest BCUT2D eigenvalue weighted by atomic mass is 16.2. The number of carbonyl (C=O) groups excluding carboxylic acids is 1. The fourth-order valence-electron chi connectivity index (χ4n) is 4.87. The zero-order valence-corrected chi connectivity index (χ0v) is 17.5. The summed E-state index contributed by atoms with van der Waals surface area (Å²) < 4.78 is 0. The van der Waals surface area contributed by atoms with Crippen LogP contribution in [0.1, 0.15) is 17.0 Å². The van der Waals surface area contributed by atoms with E-state index in [2.05, 4.69) is 70.9 Å². The predicted octanol–water partition coefficient (Wildman–Crippen LogP) is 1.86. The number of benzene rings is 2. The molecule has 0 aliphatic carbocycles. The van der Waals surface area contributed by atoms with Crippen molar-refractivity contribution in [1.29, 1.82) is 0 Å². The van der Waals surface area contributed by atoms with Crippen molar-refractivity contribution in [2.24, 2.45) is 0 Å². The third-order valence-electron chi connectivity index (χ3n) is 6.19.